The second-order valence-electron chi connectivity index (χ2n) is 1.66. The van der Waals surface area contributed by atoms with Gasteiger partial charge in [-0.15, -0.1) is 0 Å². The molecule has 0 aliphatic rings. The summed E-state index contributed by atoms with van der Waals surface area (Å²) in [6.45, 7) is 4.06. The van der Waals surface area contributed by atoms with Crippen LogP contribution in [0.1, 0.15) is 20.3 Å². The first-order valence-corrected chi connectivity index (χ1v) is 3.99. The molecule has 0 amide bonds. The molecular formula is C8H11Br. The molecule has 0 fully saturated rings. The maximum atomic E-state index is 3.40. The third kappa shape index (κ3) is 5.65. The lowest BCUT2D eigenvalue weighted by atomic mass is 10.3. The van der Waals surface area contributed by atoms with Gasteiger partial charge in [-0.3, -0.25) is 0 Å². The van der Waals surface area contributed by atoms with E-state index < -0.39 is 0 Å². The highest BCUT2D eigenvalue weighted by atomic mass is 79.9. The first-order chi connectivity index (χ1) is 4.31. The van der Waals surface area contributed by atoms with Crippen molar-refractivity contribution in [3.8, 4) is 11.8 Å². The minimum absolute atomic E-state index is 0.355. The van der Waals surface area contributed by atoms with Crippen LogP contribution in [0.4, 0.5) is 0 Å². The van der Waals surface area contributed by atoms with Gasteiger partial charge < -0.3 is 0 Å². The Bertz CT molecular complexity index is 136. The van der Waals surface area contributed by atoms with Crippen LogP contribution in [0.2, 0.25) is 0 Å². The number of hydrogen-bond donors (Lipinski definition) is 0. The third-order valence-electron chi connectivity index (χ3n) is 0.848. The van der Waals surface area contributed by atoms with Crippen molar-refractivity contribution in [3.63, 3.8) is 0 Å². The highest BCUT2D eigenvalue weighted by Gasteiger charge is 1.89. The van der Waals surface area contributed by atoms with Gasteiger partial charge in [-0.2, -0.15) is 0 Å². The monoisotopic (exact) mass is 186 g/mol. The largest absolute Gasteiger partial charge is 0.0835 e. The van der Waals surface area contributed by atoms with E-state index in [1.807, 2.05) is 19.1 Å². The molecule has 0 rings (SSSR count). The van der Waals surface area contributed by atoms with Gasteiger partial charge in [-0.25, -0.2) is 0 Å². The Labute approximate surface area is 65.5 Å². The number of rotatable bonds is 1. The zero-order valence-corrected chi connectivity index (χ0v) is 7.40. The molecule has 0 N–H and O–H groups in total. The molecule has 0 saturated heterocycles. The van der Waals surface area contributed by atoms with Crippen molar-refractivity contribution in [2.75, 3.05) is 0 Å². The Balaban J connectivity index is 3.58. The summed E-state index contributed by atoms with van der Waals surface area (Å²) in [4.78, 5) is 0.355. The van der Waals surface area contributed by atoms with E-state index in [-0.39, 0.29) is 0 Å². The SMILES string of the molecule is C/C=C/C#CC(Br)CC. The van der Waals surface area contributed by atoms with Crippen molar-refractivity contribution in [2.45, 2.75) is 25.1 Å². The molecule has 0 spiro atoms. The standard InChI is InChI=1S/C8H11Br/c1-3-5-6-7-8(9)4-2/h3,5,8H,4H2,1-2H3/b5-3+. The molecule has 0 aliphatic heterocycles. The Morgan fingerprint density at radius 3 is 2.78 bits per heavy atom. The molecule has 9 heavy (non-hydrogen) atoms. The predicted molar refractivity (Wildman–Crippen MR) is 45.6 cm³/mol. The quantitative estimate of drug-likeness (QED) is 0.437. The van der Waals surface area contributed by atoms with Crippen molar-refractivity contribution in [1.82, 2.24) is 0 Å². The van der Waals surface area contributed by atoms with Crippen LogP contribution in [-0.2, 0) is 0 Å². The van der Waals surface area contributed by atoms with E-state index in [1.165, 1.54) is 0 Å². The summed E-state index contributed by atoms with van der Waals surface area (Å²) < 4.78 is 0. The minimum Gasteiger partial charge on any atom is -0.0835 e. The molecule has 0 saturated carbocycles. The van der Waals surface area contributed by atoms with Crippen molar-refractivity contribution < 1.29 is 0 Å². The van der Waals surface area contributed by atoms with Gasteiger partial charge in [-0.05, 0) is 19.4 Å². The summed E-state index contributed by atoms with van der Waals surface area (Å²) >= 11 is 3.40. The highest BCUT2D eigenvalue weighted by molar-refractivity contribution is 9.09. The highest BCUT2D eigenvalue weighted by Crippen LogP contribution is 2.00. The maximum Gasteiger partial charge on any atom is 0.0755 e. The predicted octanol–water partition coefficient (Wildman–Crippen LogP) is 2.74. The van der Waals surface area contributed by atoms with Gasteiger partial charge in [0.25, 0.3) is 0 Å². The molecule has 0 radical (unpaired) electrons. The second kappa shape index (κ2) is 5.91. The molecule has 0 aromatic rings. The lowest BCUT2D eigenvalue weighted by Gasteiger charge is -1.89. The van der Waals surface area contributed by atoms with E-state index in [1.54, 1.807) is 0 Å². The van der Waals surface area contributed by atoms with Gasteiger partial charge in [-0.1, -0.05) is 40.8 Å². The zero-order chi connectivity index (χ0) is 7.11. The molecule has 0 aromatic heterocycles. The van der Waals surface area contributed by atoms with E-state index in [2.05, 4.69) is 34.7 Å². The molecule has 1 atom stereocenters. The van der Waals surface area contributed by atoms with Gasteiger partial charge in [0.05, 0.1) is 4.83 Å². The van der Waals surface area contributed by atoms with Crippen LogP contribution in [-0.4, -0.2) is 4.83 Å². The zero-order valence-electron chi connectivity index (χ0n) is 5.82. The van der Waals surface area contributed by atoms with Crippen LogP contribution < -0.4 is 0 Å². The summed E-state index contributed by atoms with van der Waals surface area (Å²) in [6.07, 6.45) is 4.84. The smallest absolute Gasteiger partial charge is 0.0755 e. The lowest BCUT2D eigenvalue weighted by molar-refractivity contribution is 1.02. The van der Waals surface area contributed by atoms with Gasteiger partial charge in [0.1, 0.15) is 0 Å². The first kappa shape index (κ1) is 8.78. The normalized spacial score (nSPS) is 12.8. The summed E-state index contributed by atoms with van der Waals surface area (Å²) in [5.74, 6) is 5.92. The summed E-state index contributed by atoms with van der Waals surface area (Å²) in [7, 11) is 0. The van der Waals surface area contributed by atoms with Crippen LogP contribution in [0.3, 0.4) is 0 Å². The Hall–Kier alpha value is -0.220. The van der Waals surface area contributed by atoms with Crippen LogP contribution in [0.5, 0.6) is 0 Å². The first-order valence-electron chi connectivity index (χ1n) is 3.07. The summed E-state index contributed by atoms with van der Waals surface area (Å²) in [6, 6.07) is 0. The molecule has 0 heterocycles. The molecule has 0 bridgehead atoms. The van der Waals surface area contributed by atoms with E-state index in [0.717, 1.165) is 6.42 Å². The van der Waals surface area contributed by atoms with Gasteiger partial charge in [0.2, 0.25) is 0 Å². The number of halogens is 1. The maximum absolute atomic E-state index is 3.40. The summed E-state index contributed by atoms with van der Waals surface area (Å²) in [5, 5.41) is 0. The van der Waals surface area contributed by atoms with Crippen molar-refractivity contribution in [3.05, 3.63) is 12.2 Å². The van der Waals surface area contributed by atoms with E-state index >= 15 is 0 Å². The number of hydrogen-bond acceptors (Lipinski definition) is 0. The van der Waals surface area contributed by atoms with Crippen LogP contribution in [0.15, 0.2) is 12.2 Å². The molecule has 0 aromatic carbocycles. The van der Waals surface area contributed by atoms with E-state index in [0.29, 0.717) is 4.83 Å². The minimum atomic E-state index is 0.355. The molecule has 0 nitrogen and oxygen atoms in total. The molecule has 1 heteroatoms. The molecular weight excluding hydrogens is 176 g/mol. The molecule has 0 aliphatic carbocycles. The van der Waals surface area contributed by atoms with Crippen molar-refractivity contribution in [2.24, 2.45) is 0 Å². The second-order valence-corrected chi connectivity index (χ2v) is 2.77. The molecule has 50 valence electrons. The van der Waals surface area contributed by atoms with Crippen molar-refractivity contribution >= 4 is 15.9 Å². The average Bonchev–Trinajstić information content (AvgIpc) is 1.89. The average molecular weight is 187 g/mol. The fourth-order valence-electron chi connectivity index (χ4n) is 0.324. The Morgan fingerprint density at radius 1 is 1.67 bits per heavy atom. The Morgan fingerprint density at radius 2 is 2.33 bits per heavy atom. The Kier molecular flexibility index (Phi) is 5.76. The third-order valence-corrected chi connectivity index (χ3v) is 1.72. The lowest BCUT2D eigenvalue weighted by Crippen LogP contribution is -1.86. The van der Waals surface area contributed by atoms with Gasteiger partial charge in [0.15, 0.2) is 0 Å². The topological polar surface area (TPSA) is 0 Å². The summed E-state index contributed by atoms with van der Waals surface area (Å²) in [5.41, 5.74) is 0. The number of alkyl halides is 1. The van der Waals surface area contributed by atoms with E-state index in [9.17, 15) is 0 Å². The van der Waals surface area contributed by atoms with Gasteiger partial charge >= 0.3 is 0 Å². The van der Waals surface area contributed by atoms with Crippen molar-refractivity contribution in [1.29, 1.82) is 0 Å². The van der Waals surface area contributed by atoms with E-state index in [4.69, 9.17) is 0 Å². The van der Waals surface area contributed by atoms with Gasteiger partial charge in [0, 0.05) is 0 Å². The molecule has 1 unspecified atom stereocenters. The van der Waals surface area contributed by atoms with Crippen LogP contribution in [0, 0.1) is 11.8 Å². The fourth-order valence-corrected chi connectivity index (χ4v) is 0.456. The number of allylic oxidation sites excluding steroid dienone is 2. The fraction of sp³-hybridized carbons (Fsp3) is 0.500. The van der Waals surface area contributed by atoms with Crippen LogP contribution >= 0.6 is 15.9 Å². The van der Waals surface area contributed by atoms with Crippen LogP contribution in [0.25, 0.3) is 0 Å².